The van der Waals surface area contributed by atoms with Gasteiger partial charge in [-0.3, -0.25) is 9.59 Å². The molecule has 1 atom stereocenters. The second kappa shape index (κ2) is 5.93. The van der Waals surface area contributed by atoms with E-state index in [4.69, 9.17) is 10.5 Å². The average molecular weight is 298 g/mol. The van der Waals surface area contributed by atoms with Crippen LogP contribution in [0.2, 0.25) is 0 Å². The SMILES string of the molecule is CC(C)(C(=O)O)C1CCCN(C(=O)C2(N)CCOCC2)C1. The topological polar surface area (TPSA) is 92.9 Å². The van der Waals surface area contributed by atoms with Crippen LogP contribution in [-0.2, 0) is 14.3 Å². The number of rotatable bonds is 3. The van der Waals surface area contributed by atoms with Gasteiger partial charge in [-0.2, -0.15) is 0 Å². The fraction of sp³-hybridized carbons (Fsp3) is 0.867. The van der Waals surface area contributed by atoms with Gasteiger partial charge in [0.15, 0.2) is 0 Å². The van der Waals surface area contributed by atoms with Gasteiger partial charge in [-0.15, -0.1) is 0 Å². The van der Waals surface area contributed by atoms with Crippen LogP contribution in [0.25, 0.3) is 0 Å². The fourth-order valence-corrected chi connectivity index (χ4v) is 3.19. The molecule has 2 saturated heterocycles. The number of hydrogen-bond acceptors (Lipinski definition) is 4. The molecule has 0 spiro atoms. The number of nitrogens with two attached hydrogens (primary N) is 1. The number of piperidine rings is 1. The van der Waals surface area contributed by atoms with E-state index in [2.05, 4.69) is 0 Å². The first-order chi connectivity index (χ1) is 9.77. The zero-order valence-electron chi connectivity index (χ0n) is 12.9. The highest BCUT2D eigenvalue weighted by Crippen LogP contribution is 2.35. The van der Waals surface area contributed by atoms with Crippen molar-refractivity contribution < 1.29 is 19.4 Å². The van der Waals surface area contributed by atoms with E-state index in [0.29, 0.717) is 39.1 Å². The number of carboxylic acid groups (broad SMARTS) is 1. The lowest BCUT2D eigenvalue weighted by atomic mass is 9.74. The van der Waals surface area contributed by atoms with E-state index in [0.717, 1.165) is 12.8 Å². The highest BCUT2D eigenvalue weighted by atomic mass is 16.5. The summed E-state index contributed by atoms with van der Waals surface area (Å²) in [5.74, 6) is -0.886. The van der Waals surface area contributed by atoms with E-state index >= 15 is 0 Å². The van der Waals surface area contributed by atoms with Crippen molar-refractivity contribution in [3.63, 3.8) is 0 Å². The zero-order valence-corrected chi connectivity index (χ0v) is 12.9. The van der Waals surface area contributed by atoms with Crippen LogP contribution in [-0.4, -0.2) is 53.7 Å². The highest BCUT2D eigenvalue weighted by molar-refractivity contribution is 5.86. The van der Waals surface area contributed by atoms with E-state index in [1.165, 1.54) is 0 Å². The van der Waals surface area contributed by atoms with Gasteiger partial charge in [0, 0.05) is 26.3 Å². The van der Waals surface area contributed by atoms with Crippen molar-refractivity contribution in [2.75, 3.05) is 26.3 Å². The number of carbonyl (C=O) groups is 2. The number of likely N-dealkylation sites (tertiary alicyclic amines) is 1. The van der Waals surface area contributed by atoms with Crippen molar-refractivity contribution in [3.8, 4) is 0 Å². The van der Waals surface area contributed by atoms with Gasteiger partial charge in [-0.1, -0.05) is 0 Å². The molecule has 0 aromatic carbocycles. The molecule has 2 aliphatic heterocycles. The summed E-state index contributed by atoms with van der Waals surface area (Å²) in [6, 6.07) is 0. The number of hydrogen-bond donors (Lipinski definition) is 2. The number of ether oxygens (including phenoxy) is 1. The summed E-state index contributed by atoms with van der Waals surface area (Å²) >= 11 is 0. The Balaban J connectivity index is 2.07. The molecule has 0 bridgehead atoms. The molecule has 1 amide bonds. The Hall–Kier alpha value is -1.14. The van der Waals surface area contributed by atoms with Crippen LogP contribution < -0.4 is 5.73 Å². The first-order valence-corrected chi connectivity index (χ1v) is 7.67. The molecule has 0 aliphatic carbocycles. The van der Waals surface area contributed by atoms with Crippen LogP contribution >= 0.6 is 0 Å². The number of nitrogens with zero attached hydrogens (tertiary/aromatic N) is 1. The molecule has 120 valence electrons. The predicted molar refractivity (Wildman–Crippen MR) is 77.7 cm³/mol. The molecular weight excluding hydrogens is 272 g/mol. The molecule has 1 unspecified atom stereocenters. The van der Waals surface area contributed by atoms with Crippen LogP contribution in [0.15, 0.2) is 0 Å². The maximum Gasteiger partial charge on any atom is 0.309 e. The van der Waals surface area contributed by atoms with Gasteiger partial charge in [0.25, 0.3) is 0 Å². The smallest absolute Gasteiger partial charge is 0.309 e. The quantitative estimate of drug-likeness (QED) is 0.805. The van der Waals surface area contributed by atoms with E-state index < -0.39 is 16.9 Å². The normalized spacial score (nSPS) is 26.4. The molecule has 2 rings (SSSR count). The zero-order chi connectivity index (χ0) is 15.7. The Labute approximate surface area is 125 Å². The van der Waals surface area contributed by atoms with E-state index in [-0.39, 0.29) is 11.8 Å². The van der Waals surface area contributed by atoms with Crippen molar-refractivity contribution >= 4 is 11.9 Å². The lowest BCUT2D eigenvalue weighted by molar-refractivity contribution is -0.154. The highest BCUT2D eigenvalue weighted by Gasteiger charge is 2.44. The fourth-order valence-electron chi connectivity index (χ4n) is 3.19. The van der Waals surface area contributed by atoms with E-state index in [9.17, 15) is 14.7 Å². The summed E-state index contributed by atoms with van der Waals surface area (Å²) in [5, 5.41) is 9.37. The molecule has 6 heteroatoms. The van der Waals surface area contributed by atoms with Crippen LogP contribution in [0.5, 0.6) is 0 Å². The van der Waals surface area contributed by atoms with Gasteiger partial charge in [0.05, 0.1) is 11.0 Å². The third-order valence-electron chi connectivity index (χ3n) is 5.09. The van der Waals surface area contributed by atoms with Crippen molar-refractivity contribution in [3.05, 3.63) is 0 Å². The predicted octanol–water partition coefficient (Wildman–Crippen LogP) is 0.844. The standard InChI is InChI=1S/C15H26N2O4/c1-14(2,13(19)20)11-4-3-7-17(10-11)12(18)15(16)5-8-21-9-6-15/h11H,3-10,16H2,1-2H3,(H,19,20). The second-order valence-corrected chi connectivity index (χ2v) is 6.89. The average Bonchev–Trinajstić information content (AvgIpc) is 2.47. The first kappa shape index (κ1) is 16.2. The van der Waals surface area contributed by atoms with Gasteiger partial charge in [0.1, 0.15) is 0 Å². The summed E-state index contributed by atoms with van der Waals surface area (Å²) in [4.78, 5) is 25.9. The van der Waals surface area contributed by atoms with Crippen LogP contribution in [0.3, 0.4) is 0 Å². The lowest BCUT2D eigenvalue weighted by Crippen LogP contribution is -2.60. The minimum absolute atomic E-state index is 0.0314. The summed E-state index contributed by atoms with van der Waals surface area (Å²) in [7, 11) is 0. The van der Waals surface area contributed by atoms with Crippen LogP contribution in [0, 0.1) is 11.3 Å². The number of amides is 1. The Morgan fingerprint density at radius 1 is 1.33 bits per heavy atom. The summed E-state index contributed by atoms with van der Waals surface area (Å²) < 4.78 is 5.28. The number of carbonyl (C=O) groups excluding carboxylic acids is 1. The number of aliphatic carboxylic acids is 1. The van der Waals surface area contributed by atoms with Crippen LogP contribution in [0.1, 0.15) is 39.5 Å². The molecule has 2 fully saturated rings. The van der Waals surface area contributed by atoms with Crippen molar-refractivity contribution in [1.82, 2.24) is 4.90 Å². The molecular formula is C15H26N2O4. The molecule has 0 aromatic heterocycles. The maximum absolute atomic E-state index is 12.7. The third kappa shape index (κ3) is 3.21. The van der Waals surface area contributed by atoms with Crippen molar-refractivity contribution in [1.29, 1.82) is 0 Å². The van der Waals surface area contributed by atoms with Gasteiger partial charge in [-0.25, -0.2) is 0 Å². The molecule has 2 heterocycles. The second-order valence-electron chi connectivity index (χ2n) is 6.89. The summed E-state index contributed by atoms with van der Waals surface area (Å²) in [6.45, 7) is 5.66. The molecule has 0 aromatic rings. The van der Waals surface area contributed by atoms with Crippen molar-refractivity contribution in [2.45, 2.75) is 45.1 Å². The minimum atomic E-state index is -0.840. The maximum atomic E-state index is 12.7. The third-order valence-corrected chi connectivity index (χ3v) is 5.09. The largest absolute Gasteiger partial charge is 0.481 e. The monoisotopic (exact) mass is 298 g/mol. The molecule has 0 saturated carbocycles. The molecule has 0 radical (unpaired) electrons. The minimum Gasteiger partial charge on any atom is -0.481 e. The van der Waals surface area contributed by atoms with Gasteiger partial charge < -0.3 is 20.5 Å². The summed E-state index contributed by atoms with van der Waals surface area (Å²) in [6.07, 6.45) is 2.74. The summed E-state index contributed by atoms with van der Waals surface area (Å²) in [5.41, 5.74) is 4.60. The molecule has 21 heavy (non-hydrogen) atoms. The Morgan fingerprint density at radius 2 is 1.95 bits per heavy atom. The van der Waals surface area contributed by atoms with E-state index in [1.54, 1.807) is 18.7 Å². The molecule has 2 aliphatic rings. The van der Waals surface area contributed by atoms with E-state index in [1.807, 2.05) is 0 Å². The molecule has 3 N–H and O–H groups in total. The number of carboxylic acids is 1. The van der Waals surface area contributed by atoms with Crippen LogP contribution in [0.4, 0.5) is 0 Å². The lowest BCUT2D eigenvalue weighted by Gasteiger charge is -2.43. The van der Waals surface area contributed by atoms with Gasteiger partial charge >= 0.3 is 5.97 Å². The Bertz CT molecular complexity index is 416. The first-order valence-electron chi connectivity index (χ1n) is 7.67. The van der Waals surface area contributed by atoms with Gasteiger partial charge in [-0.05, 0) is 45.4 Å². The van der Waals surface area contributed by atoms with Crippen molar-refractivity contribution in [2.24, 2.45) is 17.1 Å². The molecule has 6 nitrogen and oxygen atoms in total. The Kier molecular flexibility index (Phi) is 4.58. The Morgan fingerprint density at radius 3 is 2.52 bits per heavy atom. The van der Waals surface area contributed by atoms with Gasteiger partial charge in [0.2, 0.25) is 5.91 Å².